The first-order chi connectivity index (χ1) is 8.15. The van der Waals surface area contributed by atoms with Crippen molar-refractivity contribution in [2.24, 2.45) is 0 Å². The van der Waals surface area contributed by atoms with Crippen LogP contribution in [0.15, 0.2) is 42.5 Å². The Morgan fingerprint density at radius 3 is 2.47 bits per heavy atom. The van der Waals surface area contributed by atoms with Crippen LogP contribution in [0.25, 0.3) is 10.8 Å². The molecular formula is C15H19NO. The second-order valence-corrected chi connectivity index (χ2v) is 4.70. The van der Waals surface area contributed by atoms with Crippen molar-refractivity contribution in [1.29, 1.82) is 0 Å². The Hall–Kier alpha value is -1.54. The van der Waals surface area contributed by atoms with Gasteiger partial charge in [-0.1, -0.05) is 30.3 Å². The molecule has 0 bridgehead atoms. The molecule has 0 aliphatic carbocycles. The van der Waals surface area contributed by atoms with E-state index in [1.165, 1.54) is 10.8 Å². The van der Waals surface area contributed by atoms with Crippen LogP contribution in [0.5, 0.6) is 5.75 Å². The normalized spacial score (nSPS) is 12.9. The van der Waals surface area contributed by atoms with Crippen molar-refractivity contribution in [3.05, 3.63) is 42.5 Å². The van der Waals surface area contributed by atoms with E-state index in [1.807, 2.05) is 6.07 Å². The van der Waals surface area contributed by atoms with Gasteiger partial charge in [0, 0.05) is 6.54 Å². The zero-order valence-corrected chi connectivity index (χ0v) is 10.7. The highest BCUT2D eigenvalue weighted by Gasteiger charge is 2.05. The maximum atomic E-state index is 5.89. The van der Waals surface area contributed by atoms with Gasteiger partial charge in [-0.25, -0.2) is 0 Å². The first-order valence-corrected chi connectivity index (χ1v) is 5.95. The van der Waals surface area contributed by atoms with Gasteiger partial charge in [-0.3, -0.25) is 0 Å². The zero-order chi connectivity index (χ0) is 12.3. The Kier molecular flexibility index (Phi) is 3.64. The Morgan fingerprint density at radius 1 is 1.06 bits per heavy atom. The van der Waals surface area contributed by atoms with Crippen molar-refractivity contribution < 1.29 is 4.74 Å². The van der Waals surface area contributed by atoms with Crippen LogP contribution < -0.4 is 4.74 Å². The monoisotopic (exact) mass is 229 g/mol. The van der Waals surface area contributed by atoms with E-state index in [9.17, 15) is 0 Å². The number of hydrogen-bond donors (Lipinski definition) is 0. The maximum Gasteiger partial charge on any atom is 0.120 e. The van der Waals surface area contributed by atoms with Gasteiger partial charge in [-0.15, -0.1) is 0 Å². The predicted octanol–water partition coefficient (Wildman–Crippen LogP) is 3.17. The van der Waals surface area contributed by atoms with E-state index in [2.05, 4.69) is 62.3 Å². The van der Waals surface area contributed by atoms with Gasteiger partial charge in [-0.05, 0) is 43.9 Å². The molecule has 0 aromatic heterocycles. The average Bonchev–Trinajstić information content (AvgIpc) is 2.27. The summed E-state index contributed by atoms with van der Waals surface area (Å²) >= 11 is 0. The fourth-order valence-corrected chi connectivity index (χ4v) is 2.02. The number of benzene rings is 2. The highest BCUT2D eigenvalue weighted by Crippen LogP contribution is 2.21. The number of nitrogens with zero attached hydrogens (tertiary/aromatic N) is 1. The van der Waals surface area contributed by atoms with Crippen molar-refractivity contribution in [3.63, 3.8) is 0 Å². The lowest BCUT2D eigenvalue weighted by Crippen LogP contribution is -2.27. The minimum Gasteiger partial charge on any atom is -0.489 e. The molecule has 0 saturated carbocycles. The summed E-state index contributed by atoms with van der Waals surface area (Å²) in [7, 11) is 4.11. The Bertz CT molecular complexity index is 493. The molecule has 0 N–H and O–H groups in total. The summed E-state index contributed by atoms with van der Waals surface area (Å²) in [5.41, 5.74) is 0. The van der Waals surface area contributed by atoms with Gasteiger partial charge in [0.05, 0.1) is 0 Å². The number of fused-ring (bicyclic) bond motifs is 1. The van der Waals surface area contributed by atoms with Crippen LogP contribution >= 0.6 is 0 Å². The van der Waals surface area contributed by atoms with Crippen LogP contribution in [0.3, 0.4) is 0 Å². The quantitative estimate of drug-likeness (QED) is 0.798. The van der Waals surface area contributed by atoms with Crippen LogP contribution in [0.1, 0.15) is 6.92 Å². The van der Waals surface area contributed by atoms with E-state index in [0.29, 0.717) is 0 Å². The summed E-state index contributed by atoms with van der Waals surface area (Å²) in [6.45, 7) is 3.02. The first kappa shape index (κ1) is 11.9. The molecule has 0 aliphatic heterocycles. The second kappa shape index (κ2) is 5.19. The summed E-state index contributed by atoms with van der Waals surface area (Å²) in [6, 6.07) is 14.6. The summed E-state index contributed by atoms with van der Waals surface area (Å²) < 4.78 is 5.89. The minimum absolute atomic E-state index is 0.200. The molecule has 2 nitrogen and oxygen atoms in total. The molecule has 2 aromatic carbocycles. The fourth-order valence-electron chi connectivity index (χ4n) is 2.02. The van der Waals surface area contributed by atoms with Crippen LogP contribution in [-0.2, 0) is 0 Å². The van der Waals surface area contributed by atoms with E-state index in [0.717, 1.165) is 12.3 Å². The van der Waals surface area contributed by atoms with Crippen LogP contribution in [0, 0.1) is 0 Å². The number of rotatable bonds is 4. The van der Waals surface area contributed by atoms with E-state index in [4.69, 9.17) is 4.74 Å². The van der Waals surface area contributed by atoms with E-state index < -0.39 is 0 Å². The summed E-state index contributed by atoms with van der Waals surface area (Å²) in [5.74, 6) is 0.943. The van der Waals surface area contributed by atoms with Gasteiger partial charge >= 0.3 is 0 Å². The highest BCUT2D eigenvalue weighted by molar-refractivity contribution is 5.83. The summed E-state index contributed by atoms with van der Waals surface area (Å²) in [5, 5.41) is 2.47. The van der Waals surface area contributed by atoms with Gasteiger partial charge in [0.25, 0.3) is 0 Å². The molecule has 0 fully saturated rings. The number of ether oxygens (including phenoxy) is 1. The smallest absolute Gasteiger partial charge is 0.120 e. The third-order valence-electron chi connectivity index (χ3n) is 2.68. The molecule has 0 heterocycles. The third kappa shape index (κ3) is 3.21. The standard InChI is InChI=1S/C15H19NO/c1-12(11-16(2)3)17-15-9-8-13-6-4-5-7-14(13)10-15/h4-10,12H,11H2,1-3H3. The molecule has 1 atom stereocenters. The van der Waals surface area contributed by atoms with Crippen molar-refractivity contribution in [2.45, 2.75) is 13.0 Å². The Morgan fingerprint density at radius 2 is 1.76 bits per heavy atom. The van der Waals surface area contributed by atoms with Gasteiger partial charge in [0.1, 0.15) is 11.9 Å². The first-order valence-electron chi connectivity index (χ1n) is 5.95. The molecule has 17 heavy (non-hydrogen) atoms. The molecular weight excluding hydrogens is 210 g/mol. The molecule has 0 saturated heterocycles. The van der Waals surface area contributed by atoms with Crippen molar-refractivity contribution in [2.75, 3.05) is 20.6 Å². The van der Waals surface area contributed by atoms with Crippen LogP contribution in [0.2, 0.25) is 0 Å². The number of likely N-dealkylation sites (N-methyl/N-ethyl adjacent to an activating group) is 1. The summed E-state index contributed by atoms with van der Waals surface area (Å²) in [6.07, 6.45) is 0.200. The third-order valence-corrected chi connectivity index (χ3v) is 2.68. The van der Waals surface area contributed by atoms with Crippen molar-refractivity contribution in [3.8, 4) is 5.75 Å². The molecule has 2 heteroatoms. The van der Waals surface area contributed by atoms with E-state index in [-0.39, 0.29) is 6.10 Å². The SMILES string of the molecule is CC(CN(C)C)Oc1ccc2ccccc2c1. The van der Waals surface area contributed by atoms with Gasteiger partial charge in [0.2, 0.25) is 0 Å². The van der Waals surface area contributed by atoms with Gasteiger partial charge < -0.3 is 9.64 Å². The molecule has 1 unspecified atom stereocenters. The number of hydrogen-bond acceptors (Lipinski definition) is 2. The van der Waals surface area contributed by atoms with Gasteiger partial charge in [0.15, 0.2) is 0 Å². The highest BCUT2D eigenvalue weighted by atomic mass is 16.5. The Labute approximate surface area is 103 Å². The molecule has 0 radical (unpaired) electrons. The Balaban J connectivity index is 2.14. The average molecular weight is 229 g/mol. The second-order valence-electron chi connectivity index (χ2n) is 4.70. The lowest BCUT2D eigenvalue weighted by Gasteiger charge is -2.18. The molecule has 2 rings (SSSR count). The molecule has 90 valence electrons. The lowest BCUT2D eigenvalue weighted by molar-refractivity contribution is 0.177. The topological polar surface area (TPSA) is 12.5 Å². The summed E-state index contributed by atoms with van der Waals surface area (Å²) in [4.78, 5) is 2.13. The molecule has 0 amide bonds. The fraction of sp³-hybridized carbons (Fsp3) is 0.333. The zero-order valence-electron chi connectivity index (χ0n) is 10.7. The minimum atomic E-state index is 0.200. The maximum absolute atomic E-state index is 5.89. The molecule has 0 aliphatic rings. The van der Waals surface area contributed by atoms with Crippen LogP contribution in [0.4, 0.5) is 0 Å². The van der Waals surface area contributed by atoms with Crippen molar-refractivity contribution in [1.82, 2.24) is 4.90 Å². The predicted molar refractivity (Wildman–Crippen MR) is 72.6 cm³/mol. The van der Waals surface area contributed by atoms with E-state index in [1.54, 1.807) is 0 Å². The van der Waals surface area contributed by atoms with Crippen molar-refractivity contribution >= 4 is 10.8 Å². The van der Waals surface area contributed by atoms with Crippen LogP contribution in [-0.4, -0.2) is 31.6 Å². The lowest BCUT2D eigenvalue weighted by atomic mass is 10.1. The van der Waals surface area contributed by atoms with E-state index >= 15 is 0 Å². The molecule has 2 aromatic rings. The van der Waals surface area contributed by atoms with Gasteiger partial charge in [-0.2, -0.15) is 0 Å². The largest absolute Gasteiger partial charge is 0.489 e. The molecule has 0 spiro atoms.